The Morgan fingerprint density at radius 2 is 1.71 bits per heavy atom. The molecule has 0 atom stereocenters. The van der Waals surface area contributed by atoms with Crippen LogP contribution in [0.15, 0.2) is 24.3 Å². The molecule has 0 fully saturated rings. The average molecular weight is 192 g/mol. The van der Waals surface area contributed by atoms with Crippen molar-refractivity contribution in [2.24, 2.45) is 0 Å². The molecule has 0 aliphatic carbocycles. The zero-order valence-corrected chi connectivity index (χ0v) is 9.13. The lowest BCUT2D eigenvalue weighted by molar-refractivity contribution is -0.121. The number of Topliss-reactive ketones (excluding diaryl/α,β-unsaturated/α-hetero) is 1. The quantitative estimate of drug-likeness (QED) is 0.735. The van der Waals surface area contributed by atoms with Crippen LogP contribution in [0.3, 0.4) is 0 Å². The molecule has 0 aromatic heterocycles. The summed E-state index contributed by atoms with van der Waals surface area (Å²) in [7, 11) is 1.63. The van der Waals surface area contributed by atoms with Gasteiger partial charge in [-0.2, -0.15) is 0 Å². The molecule has 0 saturated heterocycles. The van der Waals surface area contributed by atoms with Gasteiger partial charge in [-0.3, -0.25) is 4.79 Å². The number of ether oxygens (including phenoxy) is 1. The van der Waals surface area contributed by atoms with Crippen molar-refractivity contribution in [2.45, 2.75) is 26.2 Å². The lowest BCUT2D eigenvalue weighted by Crippen LogP contribution is -2.26. The lowest BCUT2D eigenvalue weighted by atomic mass is 9.81. The molecule has 1 aromatic rings. The molecule has 0 radical (unpaired) electrons. The summed E-state index contributed by atoms with van der Waals surface area (Å²) in [6.45, 7) is 5.47. The van der Waals surface area contributed by atoms with E-state index in [1.807, 2.05) is 38.1 Å². The first-order valence-electron chi connectivity index (χ1n) is 4.64. The third kappa shape index (κ3) is 1.95. The molecule has 0 amide bonds. The van der Waals surface area contributed by atoms with Crippen LogP contribution >= 0.6 is 0 Å². The standard InChI is InChI=1S/C12H16O2/c1-9(13)12(2,3)10-5-7-11(14-4)8-6-10/h5-8H,1-4H3. The van der Waals surface area contributed by atoms with Gasteiger partial charge in [0.15, 0.2) is 0 Å². The minimum absolute atomic E-state index is 0.169. The zero-order chi connectivity index (χ0) is 10.8. The van der Waals surface area contributed by atoms with E-state index in [0.717, 1.165) is 11.3 Å². The summed E-state index contributed by atoms with van der Waals surface area (Å²) in [4.78, 5) is 11.4. The highest BCUT2D eigenvalue weighted by atomic mass is 16.5. The number of methoxy groups -OCH3 is 1. The monoisotopic (exact) mass is 192 g/mol. The fourth-order valence-electron chi connectivity index (χ4n) is 1.21. The molecule has 0 saturated carbocycles. The minimum atomic E-state index is -0.410. The van der Waals surface area contributed by atoms with Crippen LogP contribution < -0.4 is 4.74 Å². The first-order valence-corrected chi connectivity index (χ1v) is 4.64. The van der Waals surface area contributed by atoms with E-state index in [9.17, 15) is 4.79 Å². The Kier molecular flexibility index (Phi) is 2.94. The van der Waals surface area contributed by atoms with E-state index in [1.54, 1.807) is 14.0 Å². The highest BCUT2D eigenvalue weighted by Crippen LogP contribution is 2.25. The number of carbonyl (C=O) groups is 1. The summed E-state index contributed by atoms with van der Waals surface area (Å²) in [6, 6.07) is 7.61. The number of carbonyl (C=O) groups excluding carboxylic acids is 1. The maximum absolute atomic E-state index is 11.4. The number of hydrogen-bond acceptors (Lipinski definition) is 2. The van der Waals surface area contributed by atoms with Gasteiger partial charge >= 0.3 is 0 Å². The highest BCUT2D eigenvalue weighted by Gasteiger charge is 2.25. The van der Waals surface area contributed by atoms with E-state index in [-0.39, 0.29) is 5.78 Å². The van der Waals surface area contributed by atoms with Crippen LogP contribution in [0.4, 0.5) is 0 Å². The molecule has 1 rings (SSSR count). The van der Waals surface area contributed by atoms with Crippen molar-refractivity contribution in [1.29, 1.82) is 0 Å². The van der Waals surface area contributed by atoms with Crippen LogP contribution in [0.25, 0.3) is 0 Å². The molecule has 0 unspecified atom stereocenters. The lowest BCUT2D eigenvalue weighted by Gasteiger charge is -2.21. The molecule has 0 aliphatic rings. The first kappa shape index (κ1) is 10.8. The number of ketones is 1. The molecule has 0 N–H and O–H groups in total. The fraction of sp³-hybridized carbons (Fsp3) is 0.417. The van der Waals surface area contributed by atoms with Gasteiger partial charge in [-0.25, -0.2) is 0 Å². The van der Waals surface area contributed by atoms with Gasteiger partial charge in [-0.1, -0.05) is 12.1 Å². The van der Waals surface area contributed by atoms with E-state index in [2.05, 4.69) is 0 Å². The number of hydrogen-bond donors (Lipinski definition) is 0. The van der Waals surface area contributed by atoms with Gasteiger partial charge in [0.25, 0.3) is 0 Å². The molecule has 2 heteroatoms. The van der Waals surface area contributed by atoms with Crippen LogP contribution in [-0.2, 0) is 10.2 Å². The maximum Gasteiger partial charge on any atom is 0.139 e. The van der Waals surface area contributed by atoms with Gasteiger partial charge in [0.2, 0.25) is 0 Å². The Bertz CT molecular complexity index is 323. The number of benzene rings is 1. The molecular weight excluding hydrogens is 176 g/mol. The second kappa shape index (κ2) is 3.82. The van der Waals surface area contributed by atoms with Gasteiger partial charge in [-0.15, -0.1) is 0 Å². The summed E-state index contributed by atoms with van der Waals surface area (Å²) >= 11 is 0. The summed E-state index contributed by atoms with van der Waals surface area (Å²) < 4.78 is 5.06. The fourth-order valence-corrected chi connectivity index (χ4v) is 1.21. The molecule has 0 bridgehead atoms. The summed E-state index contributed by atoms with van der Waals surface area (Å²) in [5.41, 5.74) is 0.609. The third-order valence-electron chi connectivity index (χ3n) is 2.69. The molecular formula is C12H16O2. The van der Waals surface area contributed by atoms with E-state index in [1.165, 1.54) is 0 Å². The van der Waals surface area contributed by atoms with E-state index >= 15 is 0 Å². The van der Waals surface area contributed by atoms with E-state index in [0.29, 0.717) is 0 Å². The normalized spacial score (nSPS) is 11.1. The van der Waals surface area contributed by atoms with Crippen molar-refractivity contribution < 1.29 is 9.53 Å². The SMILES string of the molecule is COc1ccc(C(C)(C)C(C)=O)cc1. The Morgan fingerprint density at radius 1 is 1.21 bits per heavy atom. The summed E-state index contributed by atoms with van der Waals surface area (Å²) in [5.74, 6) is 0.982. The van der Waals surface area contributed by atoms with Gasteiger partial charge in [0, 0.05) is 5.41 Å². The van der Waals surface area contributed by atoms with Gasteiger partial charge in [-0.05, 0) is 38.5 Å². The predicted molar refractivity (Wildman–Crippen MR) is 56.7 cm³/mol. The average Bonchev–Trinajstić information content (AvgIpc) is 2.17. The molecule has 76 valence electrons. The van der Waals surface area contributed by atoms with Crippen molar-refractivity contribution in [1.82, 2.24) is 0 Å². The Hall–Kier alpha value is -1.31. The Labute approximate surface area is 84.9 Å². The van der Waals surface area contributed by atoms with Crippen molar-refractivity contribution in [2.75, 3.05) is 7.11 Å². The summed E-state index contributed by atoms with van der Waals surface area (Å²) in [6.07, 6.45) is 0. The van der Waals surface area contributed by atoms with Crippen LogP contribution in [0.1, 0.15) is 26.3 Å². The van der Waals surface area contributed by atoms with Gasteiger partial charge in [0.05, 0.1) is 7.11 Å². The van der Waals surface area contributed by atoms with Crippen molar-refractivity contribution in [3.05, 3.63) is 29.8 Å². The molecule has 14 heavy (non-hydrogen) atoms. The van der Waals surface area contributed by atoms with Crippen molar-refractivity contribution >= 4 is 5.78 Å². The van der Waals surface area contributed by atoms with Crippen LogP contribution in [0.5, 0.6) is 5.75 Å². The zero-order valence-electron chi connectivity index (χ0n) is 9.13. The molecule has 0 spiro atoms. The van der Waals surface area contributed by atoms with Gasteiger partial charge in [0.1, 0.15) is 11.5 Å². The van der Waals surface area contributed by atoms with Crippen LogP contribution in [0, 0.1) is 0 Å². The van der Waals surface area contributed by atoms with Crippen LogP contribution in [-0.4, -0.2) is 12.9 Å². The van der Waals surface area contributed by atoms with E-state index < -0.39 is 5.41 Å². The largest absolute Gasteiger partial charge is 0.497 e. The molecule has 0 heterocycles. The molecule has 0 aliphatic heterocycles. The highest BCUT2D eigenvalue weighted by molar-refractivity contribution is 5.87. The second-order valence-corrected chi connectivity index (χ2v) is 3.91. The third-order valence-corrected chi connectivity index (χ3v) is 2.69. The minimum Gasteiger partial charge on any atom is -0.497 e. The van der Waals surface area contributed by atoms with E-state index in [4.69, 9.17) is 4.74 Å². The Balaban J connectivity index is 3.02. The summed E-state index contributed by atoms with van der Waals surface area (Å²) in [5, 5.41) is 0. The van der Waals surface area contributed by atoms with Crippen molar-refractivity contribution in [3.63, 3.8) is 0 Å². The van der Waals surface area contributed by atoms with Gasteiger partial charge < -0.3 is 4.74 Å². The second-order valence-electron chi connectivity index (χ2n) is 3.91. The predicted octanol–water partition coefficient (Wildman–Crippen LogP) is 2.56. The van der Waals surface area contributed by atoms with Crippen molar-refractivity contribution in [3.8, 4) is 5.75 Å². The number of rotatable bonds is 3. The topological polar surface area (TPSA) is 26.3 Å². The van der Waals surface area contributed by atoms with Crippen LogP contribution in [0.2, 0.25) is 0 Å². The molecule has 2 nitrogen and oxygen atoms in total. The first-order chi connectivity index (χ1) is 6.48. The Morgan fingerprint density at radius 3 is 2.07 bits per heavy atom. The molecule has 1 aromatic carbocycles. The maximum atomic E-state index is 11.4. The smallest absolute Gasteiger partial charge is 0.139 e.